The smallest absolute Gasteiger partial charge is 0.313 e. The Morgan fingerprint density at radius 3 is 2.11 bits per heavy atom. The zero-order valence-electron chi connectivity index (χ0n) is 11.5. The summed E-state index contributed by atoms with van der Waals surface area (Å²) in [5.41, 5.74) is 0.870. The summed E-state index contributed by atoms with van der Waals surface area (Å²) in [5.74, 6) is 0.876. The molecule has 0 spiro atoms. The molecule has 0 saturated carbocycles. The van der Waals surface area contributed by atoms with E-state index in [1.807, 2.05) is 26.0 Å². The Hall–Kier alpha value is -1.71. The molecule has 0 radical (unpaired) electrons. The molecule has 1 unspecified atom stereocenters. The molecule has 0 saturated heterocycles. The van der Waals surface area contributed by atoms with Gasteiger partial charge in [-0.1, -0.05) is 19.9 Å². The standard InChI is InChI=1S/C14H20O4/c1-9(2)13(14(15)18-5)10-6-7-11(16-3)12(8-10)17-4/h6-9,13H,1-5H3. The van der Waals surface area contributed by atoms with Gasteiger partial charge in [-0.05, 0) is 23.6 Å². The van der Waals surface area contributed by atoms with E-state index in [1.165, 1.54) is 7.11 Å². The first-order chi connectivity index (χ1) is 8.54. The fourth-order valence-corrected chi connectivity index (χ4v) is 1.97. The third-order valence-corrected chi connectivity index (χ3v) is 2.89. The molecule has 100 valence electrons. The predicted molar refractivity (Wildman–Crippen MR) is 69.1 cm³/mol. The van der Waals surface area contributed by atoms with Crippen LogP contribution in [0.2, 0.25) is 0 Å². The van der Waals surface area contributed by atoms with Crippen molar-refractivity contribution in [1.29, 1.82) is 0 Å². The van der Waals surface area contributed by atoms with Crippen molar-refractivity contribution in [1.82, 2.24) is 0 Å². The van der Waals surface area contributed by atoms with Crippen LogP contribution in [0.4, 0.5) is 0 Å². The van der Waals surface area contributed by atoms with Gasteiger partial charge in [0.2, 0.25) is 0 Å². The summed E-state index contributed by atoms with van der Waals surface area (Å²) in [6.07, 6.45) is 0. The van der Waals surface area contributed by atoms with Crippen LogP contribution in [-0.2, 0) is 9.53 Å². The lowest BCUT2D eigenvalue weighted by molar-refractivity contribution is -0.143. The van der Waals surface area contributed by atoms with E-state index in [2.05, 4.69) is 0 Å². The average Bonchev–Trinajstić information content (AvgIpc) is 2.37. The van der Waals surface area contributed by atoms with Gasteiger partial charge in [-0.15, -0.1) is 0 Å². The lowest BCUT2D eigenvalue weighted by Crippen LogP contribution is -2.19. The zero-order chi connectivity index (χ0) is 13.7. The third kappa shape index (κ3) is 2.94. The van der Waals surface area contributed by atoms with E-state index in [0.717, 1.165) is 5.56 Å². The monoisotopic (exact) mass is 252 g/mol. The number of methoxy groups -OCH3 is 3. The second-order valence-electron chi connectivity index (χ2n) is 4.36. The van der Waals surface area contributed by atoms with Gasteiger partial charge in [-0.3, -0.25) is 4.79 Å². The van der Waals surface area contributed by atoms with Crippen molar-refractivity contribution in [3.05, 3.63) is 23.8 Å². The number of hydrogen-bond donors (Lipinski definition) is 0. The van der Waals surface area contributed by atoms with Crippen molar-refractivity contribution < 1.29 is 19.0 Å². The van der Waals surface area contributed by atoms with Gasteiger partial charge >= 0.3 is 5.97 Å². The minimum absolute atomic E-state index is 0.149. The molecule has 4 heteroatoms. The molecule has 0 N–H and O–H groups in total. The molecule has 18 heavy (non-hydrogen) atoms. The number of carbonyl (C=O) groups is 1. The van der Waals surface area contributed by atoms with Crippen LogP contribution < -0.4 is 9.47 Å². The van der Waals surface area contributed by atoms with E-state index in [-0.39, 0.29) is 17.8 Å². The number of benzene rings is 1. The molecule has 1 rings (SSSR count). The number of esters is 1. The zero-order valence-corrected chi connectivity index (χ0v) is 11.5. The third-order valence-electron chi connectivity index (χ3n) is 2.89. The first-order valence-corrected chi connectivity index (χ1v) is 5.84. The summed E-state index contributed by atoms with van der Waals surface area (Å²) in [4.78, 5) is 11.8. The lowest BCUT2D eigenvalue weighted by Gasteiger charge is -2.20. The molecule has 1 aromatic rings. The molecule has 0 heterocycles. The van der Waals surface area contributed by atoms with E-state index in [1.54, 1.807) is 20.3 Å². The molecule has 4 nitrogen and oxygen atoms in total. The van der Waals surface area contributed by atoms with Crippen LogP contribution in [0.25, 0.3) is 0 Å². The highest BCUT2D eigenvalue weighted by molar-refractivity contribution is 5.78. The topological polar surface area (TPSA) is 44.8 Å². The first kappa shape index (κ1) is 14.4. The van der Waals surface area contributed by atoms with Crippen molar-refractivity contribution in [2.45, 2.75) is 19.8 Å². The van der Waals surface area contributed by atoms with Gasteiger partial charge in [0.25, 0.3) is 0 Å². The first-order valence-electron chi connectivity index (χ1n) is 5.84. The fourth-order valence-electron chi connectivity index (χ4n) is 1.97. The summed E-state index contributed by atoms with van der Waals surface area (Å²) < 4.78 is 15.3. The van der Waals surface area contributed by atoms with Crippen LogP contribution >= 0.6 is 0 Å². The number of hydrogen-bond acceptors (Lipinski definition) is 4. The van der Waals surface area contributed by atoms with Gasteiger partial charge in [-0.2, -0.15) is 0 Å². The molecule has 0 aromatic heterocycles. The molecule has 0 aliphatic heterocycles. The van der Waals surface area contributed by atoms with Crippen LogP contribution in [-0.4, -0.2) is 27.3 Å². The Morgan fingerprint density at radius 1 is 1.06 bits per heavy atom. The molecule has 1 atom stereocenters. The number of carbonyl (C=O) groups excluding carboxylic acids is 1. The fraction of sp³-hybridized carbons (Fsp3) is 0.500. The van der Waals surface area contributed by atoms with Crippen LogP contribution in [0.1, 0.15) is 25.3 Å². The highest BCUT2D eigenvalue weighted by atomic mass is 16.5. The van der Waals surface area contributed by atoms with Crippen molar-refractivity contribution in [2.75, 3.05) is 21.3 Å². The highest BCUT2D eigenvalue weighted by Crippen LogP contribution is 2.33. The minimum Gasteiger partial charge on any atom is -0.493 e. The van der Waals surface area contributed by atoms with Gasteiger partial charge in [0.05, 0.1) is 27.2 Å². The van der Waals surface area contributed by atoms with Crippen molar-refractivity contribution in [3.63, 3.8) is 0 Å². The Balaban J connectivity index is 3.17. The van der Waals surface area contributed by atoms with E-state index in [0.29, 0.717) is 11.5 Å². The minimum atomic E-state index is -0.296. The molecule has 0 aliphatic carbocycles. The Bertz CT molecular complexity index is 412. The number of rotatable bonds is 5. The molecule has 0 bridgehead atoms. The lowest BCUT2D eigenvalue weighted by atomic mass is 9.88. The summed E-state index contributed by atoms with van der Waals surface area (Å²) in [6.45, 7) is 3.97. The van der Waals surface area contributed by atoms with E-state index in [4.69, 9.17) is 14.2 Å². The number of ether oxygens (including phenoxy) is 3. The Morgan fingerprint density at radius 2 is 1.67 bits per heavy atom. The maximum atomic E-state index is 11.8. The SMILES string of the molecule is COC(=O)C(c1ccc(OC)c(OC)c1)C(C)C. The summed E-state index contributed by atoms with van der Waals surface area (Å²) >= 11 is 0. The van der Waals surface area contributed by atoms with Gasteiger partial charge in [-0.25, -0.2) is 0 Å². The molecule has 0 aliphatic rings. The quantitative estimate of drug-likeness (QED) is 0.756. The Kier molecular flexibility index (Phi) is 5.01. The second kappa shape index (κ2) is 6.28. The maximum Gasteiger partial charge on any atom is 0.313 e. The van der Waals surface area contributed by atoms with Gasteiger partial charge in [0.15, 0.2) is 11.5 Å². The normalized spacial score (nSPS) is 12.1. The maximum absolute atomic E-state index is 11.8. The van der Waals surface area contributed by atoms with Gasteiger partial charge < -0.3 is 14.2 Å². The highest BCUT2D eigenvalue weighted by Gasteiger charge is 2.25. The second-order valence-corrected chi connectivity index (χ2v) is 4.36. The van der Waals surface area contributed by atoms with Crippen LogP contribution in [0.5, 0.6) is 11.5 Å². The van der Waals surface area contributed by atoms with Crippen LogP contribution in [0.3, 0.4) is 0 Å². The average molecular weight is 252 g/mol. The summed E-state index contributed by atoms with van der Waals surface area (Å²) in [6, 6.07) is 5.48. The van der Waals surface area contributed by atoms with E-state index >= 15 is 0 Å². The van der Waals surface area contributed by atoms with Crippen molar-refractivity contribution in [2.24, 2.45) is 5.92 Å². The molecule has 1 aromatic carbocycles. The van der Waals surface area contributed by atoms with Gasteiger partial charge in [0, 0.05) is 0 Å². The molecular weight excluding hydrogens is 232 g/mol. The van der Waals surface area contributed by atoms with Crippen LogP contribution in [0, 0.1) is 5.92 Å². The van der Waals surface area contributed by atoms with E-state index in [9.17, 15) is 4.79 Å². The molecule has 0 fully saturated rings. The van der Waals surface area contributed by atoms with Crippen LogP contribution in [0.15, 0.2) is 18.2 Å². The van der Waals surface area contributed by atoms with E-state index < -0.39 is 0 Å². The molecule has 0 amide bonds. The van der Waals surface area contributed by atoms with Gasteiger partial charge in [0.1, 0.15) is 0 Å². The predicted octanol–water partition coefficient (Wildman–Crippen LogP) is 2.62. The summed E-state index contributed by atoms with van der Waals surface area (Å²) in [5, 5.41) is 0. The summed E-state index contributed by atoms with van der Waals surface area (Å²) in [7, 11) is 4.56. The largest absolute Gasteiger partial charge is 0.493 e. The molecular formula is C14H20O4. The Labute approximate surface area is 108 Å². The van der Waals surface area contributed by atoms with Crippen molar-refractivity contribution >= 4 is 5.97 Å². The van der Waals surface area contributed by atoms with Crippen molar-refractivity contribution in [3.8, 4) is 11.5 Å².